The predicted octanol–water partition coefficient (Wildman–Crippen LogP) is 3.41. The summed E-state index contributed by atoms with van der Waals surface area (Å²) < 4.78 is 0. The Bertz CT molecular complexity index is 243. The Morgan fingerprint density at radius 3 is 2.10 bits per heavy atom. The summed E-state index contributed by atoms with van der Waals surface area (Å²) in [7, 11) is 0. The predicted molar refractivity (Wildman–Crippen MR) is 89.2 cm³/mol. The van der Waals surface area contributed by atoms with E-state index in [9.17, 15) is 5.11 Å². The molecule has 122 valence electrons. The maximum atomic E-state index is 9.74. The van der Waals surface area contributed by atoms with Crippen molar-refractivity contribution in [1.29, 1.82) is 0 Å². The highest BCUT2D eigenvalue weighted by Gasteiger charge is 2.29. The molecule has 0 aliphatic heterocycles. The van der Waals surface area contributed by atoms with Crippen molar-refractivity contribution in [3.05, 3.63) is 0 Å². The van der Waals surface area contributed by atoms with Crippen molar-refractivity contribution < 1.29 is 5.11 Å². The number of nitrogens with one attached hydrogen (secondary N) is 1. The number of rotatable bonds is 11. The lowest BCUT2D eigenvalue weighted by Gasteiger charge is -2.39. The lowest BCUT2D eigenvalue weighted by Crippen LogP contribution is -2.53. The second kappa shape index (κ2) is 9.75. The van der Waals surface area contributed by atoms with E-state index < -0.39 is 0 Å². The highest BCUT2D eigenvalue weighted by Crippen LogP contribution is 2.19. The topological polar surface area (TPSA) is 35.5 Å². The van der Waals surface area contributed by atoms with Crippen molar-refractivity contribution in [2.75, 3.05) is 13.2 Å². The van der Waals surface area contributed by atoms with Crippen LogP contribution in [0.25, 0.3) is 0 Å². The summed E-state index contributed by atoms with van der Waals surface area (Å²) in [6.45, 7) is 16.9. The molecule has 3 nitrogen and oxygen atoms in total. The maximum absolute atomic E-state index is 9.74. The number of aliphatic hydroxyl groups is 1. The van der Waals surface area contributed by atoms with E-state index in [2.05, 4.69) is 58.7 Å². The van der Waals surface area contributed by atoms with E-state index in [-0.39, 0.29) is 12.1 Å². The Kier molecular flexibility index (Phi) is 9.69. The number of hydrogen-bond donors (Lipinski definition) is 2. The average Bonchev–Trinajstić information content (AvgIpc) is 2.32. The van der Waals surface area contributed by atoms with E-state index in [0.29, 0.717) is 18.1 Å². The Balaban J connectivity index is 4.59. The minimum Gasteiger partial charge on any atom is -0.394 e. The van der Waals surface area contributed by atoms with Crippen LogP contribution in [-0.2, 0) is 0 Å². The van der Waals surface area contributed by atoms with Crippen LogP contribution in [0.3, 0.4) is 0 Å². The van der Waals surface area contributed by atoms with Gasteiger partial charge in [-0.25, -0.2) is 0 Å². The van der Waals surface area contributed by atoms with Crippen molar-refractivity contribution in [3.63, 3.8) is 0 Å². The summed E-state index contributed by atoms with van der Waals surface area (Å²) in [5.41, 5.74) is -0.189. The third kappa shape index (κ3) is 7.61. The quantitative estimate of drug-likeness (QED) is 0.571. The van der Waals surface area contributed by atoms with Gasteiger partial charge < -0.3 is 10.4 Å². The van der Waals surface area contributed by atoms with E-state index >= 15 is 0 Å². The van der Waals surface area contributed by atoms with E-state index in [1.54, 1.807) is 0 Å². The molecule has 0 aliphatic carbocycles. The molecule has 2 N–H and O–H groups in total. The van der Waals surface area contributed by atoms with Gasteiger partial charge in [0.15, 0.2) is 0 Å². The summed E-state index contributed by atoms with van der Waals surface area (Å²) >= 11 is 0. The van der Waals surface area contributed by atoms with Crippen LogP contribution in [0.4, 0.5) is 0 Å². The third-order valence-electron chi connectivity index (χ3n) is 3.98. The Labute approximate surface area is 127 Å². The monoisotopic (exact) mass is 286 g/mol. The molecular weight excluding hydrogens is 248 g/mol. The number of unbranched alkanes of at least 4 members (excludes halogenated alkanes) is 2. The van der Waals surface area contributed by atoms with Gasteiger partial charge in [0.05, 0.1) is 6.61 Å². The molecule has 0 spiro atoms. The third-order valence-corrected chi connectivity index (χ3v) is 3.98. The Hall–Kier alpha value is -0.120. The molecule has 0 amide bonds. The molecule has 0 aliphatic rings. The van der Waals surface area contributed by atoms with Crippen molar-refractivity contribution in [2.24, 2.45) is 0 Å². The normalized spacial score (nSPS) is 16.9. The average molecular weight is 287 g/mol. The van der Waals surface area contributed by atoms with E-state index in [4.69, 9.17) is 0 Å². The van der Waals surface area contributed by atoms with Gasteiger partial charge in [-0.15, -0.1) is 0 Å². The van der Waals surface area contributed by atoms with Gasteiger partial charge in [-0.3, -0.25) is 4.90 Å². The van der Waals surface area contributed by atoms with E-state index in [1.165, 1.54) is 19.3 Å². The van der Waals surface area contributed by atoms with Gasteiger partial charge in [0.25, 0.3) is 0 Å². The lowest BCUT2D eigenvalue weighted by atomic mass is 9.92. The molecule has 0 saturated carbocycles. The molecule has 0 aromatic rings. The molecule has 0 rings (SSSR count). The van der Waals surface area contributed by atoms with Crippen LogP contribution in [-0.4, -0.2) is 46.8 Å². The molecule has 0 bridgehead atoms. The highest BCUT2D eigenvalue weighted by molar-refractivity contribution is 4.89. The molecule has 2 atom stereocenters. The van der Waals surface area contributed by atoms with Crippen molar-refractivity contribution in [1.82, 2.24) is 10.2 Å². The van der Waals surface area contributed by atoms with Gasteiger partial charge in [-0.2, -0.15) is 0 Å². The fourth-order valence-electron chi connectivity index (χ4n) is 3.17. The summed E-state index contributed by atoms with van der Waals surface area (Å²) in [5, 5.41) is 13.3. The van der Waals surface area contributed by atoms with E-state index in [0.717, 1.165) is 13.0 Å². The molecule has 20 heavy (non-hydrogen) atoms. The molecule has 0 saturated heterocycles. The standard InChI is InChI=1S/C17H38N2O/c1-8-9-10-11-19(15(4)5)16(6)12-17(7,13-20)18-14(2)3/h14-16,18,20H,8-13H2,1-7H3. The number of aliphatic hydroxyl groups excluding tert-OH is 1. The van der Waals surface area contributed by atoms with E-state index in [1.807, 2.05) is 0 Å². The zero-order valence-electron chi connectivity index (χ0n) is 14.9. The van der Waals surface area contributed by atoms with Gasteiger partial charge in [-0.1, -0.05) is 33.6 Å². The maximum Gasteiger partial charge on any atom is 0.0611 e. The summed E-state index contributed by atoms with van der Waals surface area (Å²) in [6.07, 6.45) is 4.82. The largest absolute Gasteiger partial charge is 0.394 e. The van der Waals surface area contributed by atoms with Crippen molar-refractivity contribution in [3.8, 4) is 0 Å². The van der Waals surface area contributed by atoms with Crippen LogP contribution in [0.1, 0.15) is 74.1 Å². The molecule has 0 radical (unpaired) electrons. The fourth-order valence-corrected chi connectivity index (χ4v) is 3.17. The van der Waals surface area contributed by atoms with Crippen LogP contribution in [0, 0.1) is 0 Å². The minimum atomic E-state index is -0.189. The second-order valence-electron chi connectivity index (χ2n) is 7.11. The van der Waals surface area contributed by atoms with Crippen LogP contribution in [0.2, 0.25) is 0 Å². The van der Waals surface area contributed by atoms with Crippen LogP contribution in [0.15, 0.2) is 0 Å². The molecule has 0 heterocycles. The van der Waals surface area contributed by atoms with Gasteiger partial charge in [0.2, 0.25) is 0 Å². The van der Waals surface area contributed by atoms with Crippen LogP contribution >= 0.6 is 0 Å². The molecule has 0 aromatic heterocycles. The molecule has 3 heteroatoms. The SMILES string of the molecule is CCCCCN(C(C)C)C(C)CC(C)(CO)NC(C)C. The van der Waals surface area contributed by atoms with Gasteiger partial charge >= 0.3 is 0 Å². The van der Waals surface area contributed by atoms with Crippen LogP contribution in [0.5, 0.6) is 0 Å². The molecule has 2 unspecified atom stereocenters. The van der Waals surface area contributed by atoms with Gasteiger partial charge in [0, 0.05) is 23.7 Å². The highest BCUT2D eigenvalue weighted by atomic mass is 16.3. The zero-order valence-corrected chi connectivity index (χ0v) is 14.9. The first-order chi connectivity index (χ1) is 9.25. The number of nitrogens with zero attached hydrogens (tertiary/aromatic N) is 1. The first-order valence-electron chi connectivity index (χ1n) is 8.40. The molecular formula is C17H38N2O. The summed E-state index contributed by atoms with van der Waals surface area (Å²) in [6, 6.07) is 1.44. The smallest absolute Gasteiger partial charge is 0.0611 e. The summed E-state index contributed by atoms with van der Waals surface area (Å²) in [5.74, 6) is 0. The second-order valence-corrected chi connectivity index (χ2v) is 7.11. The first-order valence-corrected chi connectivity index (χ1v) is 8.40. The lowest BCUT2D eigenvalue weighted by molar-refractivity contribution is 0.0911. The van der Waals surface area contributed by atoms with Crippen molar-refractivity contribution in [2.45, 2.75) is 97.8 Å². The van der Waals surface area contributed by atoms with Gasteiger partial charge in [0.1, 0.15) is 0 Å². The Morgan fingerprint density at radius 2 is 1.70 bits per heavy atom. The molecule has 0 fully saturated rings. The first kappa shape index (κ1) is 19.9. The zero-order chi connectivity index (χ0) is 15.8. The number of hydrogen-bond acceptors (Lipinski definition) is 3. The van der Waals surface area contributed by atoms with Crippen LogP contribution < -0.4 is 5.32 Å². The molecule has 0 aromatic carbocycles. The minimum absolute atomic E-state index is 0.189. The van der Waals surface area contributed by atoms with Gasteiger partial charge in [-0.05, 0) is 47.1 Å². The Morgan fingerprint density at radius 1 is 1.10 bits per heavy atom. The summed E-state index contributed by atoms with van der Waals surface area (Å²) in [4.78, 5) is 2.57. The fraction of sp³-hybridized carbons (Fsp3) is 1.00. The van der Waals surface area contributed by atoms with Crippen molar-refractivity contribution >= 4 is 0 Å².